The van der Waals surface area contributed by atoms with Crippen molar-refractivity contribution in [3.8, 4) is 0 Å². The molecule has 0 spiro atoms. The number of aryl methyl sites for hydroxylation is 2. The third-order valence-corrected chi connectivity index (χ3v) is 5.72. The quantitative estimate of drug-likeness (QED) is 0.740. The summed E-state index contributed by atoms with van der Waals surface area (Å²) < 4.78 is 25.2. The molecule has 1 unspecified atom stereocenters. The molecule has 3 heterocycles. The van der Waals surface area contributed by atoms with E-state index in [0.29, 0.717) is 12.3 Å². The van der Waals surface area contributed by atoms with Crippen molar-refractivity contribution >= 4 is 21.5 Å². The molecule has 2 aromatic rings. The van der Waals surface area contributed by atoms with Crippen LogP contribution in [0.2, 0.25) is 0 Å². The van der Waals surface area contributed by atoms with E-state index in [1.54, 1.807) is 0 Å². The summed E-state index contributed by atoms with van der Waals surface area (Å²) >= 11 is 0. The van der Waals surface area contributed by atoms with Crippen LogP contribution < -0.4 is 0 Å². The van der Waals surface area contributed by atoms with Gasteiger partial charge in [0.05, 0.1) is 11.5 Å². The Balaban J connectivity index is 1.92. The highest BCUT2D eigenvalue weighted by Crippen LogP contribution is 2.14. The number of fused-ring (bicyclic) bond motifs is 1. The predicted molar refractivity (Wildman–Crippen MR) is 84.0 cm³/mol. The first kappa shape index (κ1) is 15.9. The van der Waals surface area contributed by atoms with Gasteiger partial charge in [-0.05, 0) is 25.8 Å². The first-order valence-electron chi connectivity index (χ1n) is 7.46. The molecule has 1 amide bonds. The molecule has 0 radical (unpaired) electrons. The largest absolute Gasteiger partial charge is 0.335 e. The van der Waals surface area contributed by atoms with Crippen LogP contribution in [0.15, 0.2) is 6.07 Å². The van der Waals surface area contributed by atoms with E-state index in [9.17, 15) is 13.2 Å². The lowest BCUT2D eigenvalue weighted by atomic mass is 10.2. The van der Waals surface area contributed by atoms with Crippen LogP contribution in [-0.4, -0.2) is 63.4 Å². The molecule has 1 saturated heterocycles. The molecule has 0 bridgehead atoms. The van der Waals surface area contributed by atoms with E-state index in [4.69, 9.17) is 0 Å². The smallest absolute Gasteiger partial charge is 0.293 e. The minimum atomic E-state index is -3.11. The zero-order chi connectivity index (χ0) is 16.8. The van der Waals surface area contributed by atoms with Crippen LogP contribution in [0.3, 0.4) is 0 Å². The molecule has 3 rings (SSSR count). The van der Waals surface area contributed by atoms with Crippen molar-refractivity contribution in [3.63, 3.8) is 0 Å². The molecular formula is C14H19N5O3S. The van der Waals surface area contributed by atoms with Gasteiger partial charge in [-0.25, -0.2) is 17.9 Å². The zero-order valence-electron chi connectivity index (χ0n) is 13.4. The summed E-state index contributed by atoms with van der Waals surface area (Å²) in [7, 11) is -3.11. The lowest BCUT2D eigenvalue weighted by Gasteiger charge is -2.20. The van der Waals surface area contributed by atoms with Crippen LogP contribution >= 0.6 is 0 Å². The Kier molecular flexibility index (Phi) is 3.83. The van der Waals surface area contributed by atoms with Crippen molar-refractivity contribution in [2.75, 3.05) is 24.6 Å². The molecule has 0 aliphatic carbocycles. The molecule has 1 aliphatic heterocycles. The number of carbonyl (C=O) groups is 1. The van der Waals surface area contributed by atoms with Gasteiger partial charge in [0.1, 0.15) is 0 Å². The van der Waals surface area contributed by atoms with E-state index in [1.807, 2.05) is 26.8 Å². The Hall–Kier alpha value is -2.03. The van der Waals surface area contributed by atoms with Crippen LogP contribution in [0.1, 0.15) is 28.9 Å². The molecule has 1 fully saturated rings. The van der Waals surface area contributed by atoms with Gasteiger partial charge in [-0.2, -0.15) is 4.98 Å². The third-order valence-electron chi connectivity index (χ3n) is 3.84. The number of sulfone groups is 1. The van der Waals surface area contributed by atoms with Crippen LogP contribution in [0, 0.1) is 19.8 Å². The molecule has 124 valence electrons. The Morgan fingerprint density at radius 2 is 2.04 bits per heavy atom. The number of carbonyl (C=O) groups excluding carboxylic acids is 1. The summed E-state index contributed by atoms with van der Waals surface area (Å²) in [5, 5.41) is 4.22. The van der Waals surface area contributed by atoms with Crippen molar-refractivity contribution in [3.05, 3.63) is 23.3 Å². The van der Waals surface area contributed by atoms with Crippen LogP contribution in [-0.2, 0) is 9.84 Å². The second-order valence-electron chi connectivity index (χ2n) is 6.16. The maximum Gasteiger partial charge on any atom is 0.293 e. The van der Waals surface area contributed by atoms with Gasteiger partial charge in [0.2, 0.25) is 5.82 Å². The summed E-state index contributed by atoms with van der Waals surface area (Å²) in [5.74, 6) is 0.0587. The fraction of sp³-hybridized carbons (Fsp3) is 0.571. The average Bonchev–Trinajstić information content (AvgIpc) is 2.80. The lowest BCUT2D eigenvalue weighted by molar-refractivity contribution is 0.0739. The van der Waals surface area contributed by atoms with Crippen molar-refractivity contribution in [2.24, 2.45) is 5.92 Å². The average molecular weight is 337 g/mol. The van der Waals surface area contributed by atoms with Gasteiger partial charge >= 0.3 is 0 Å². The Morgan fingerprint density at radius 1 is 1.30 bits per heavy atom. The topological polar surface area (TPSA) is 97.5 Å². The van der Waals surface area contributed by atoms with Crippen molar-refractivity contribution in [1.82, 2.24) is 24.5 Å². The number of amides is 1. The number of hydrogen-bond acceptors (Lipinski definition) is 6. The summed E-state index contributed by atoms with van der Waals surface area (Å²) in [6.45, 7) is 6.11. The van der Waals surface area contributed by atoms with E-state index in [-0.39, 0.29) is 35.7 Å². The molecule has 0 aromatic carbocycles. The number of nitrogens with zero attached hydrogens (tertiary/aromatic N) is 5. The zero-order valence-corrected chi connectivity index (χ0v) is 14.2. The van der Waals surface area contributed by atoms with Gasteiger partial charge in [0.15, 0.2) is 9.84 Å². The molecule has 2 aromatic heterocycles. The van der Waals surface area contributed by atoms with Crippen LogP contribution in [0.5, 0.6) is 0 Å². The van der Waals surface area contributed by atoms with Gasteiger partial charge in [-0.1, -0.05) is 6.92 Å². The van der Waals surface area contributed by atoms with Gasteiger partial charge in [-0.3, -0.25) is 4.79 Å². The highest BCUT2D eigenvalue weighted by Gasteiger charge is 2.29. The summed E-state index contributed by atoms with van der Waals surface area (Å²) in [4.78, 5) is 22.6. The second kappa shape index (κ2) is 5.55. The molecule has 9 heteroatoms. The van der Waals surface area contributed by atoms with Gasteiger partial charge in [0.25, 0.3) is 11.7 Å². The lowest BCUT2D eigenvalue weighted by Crippen LogP contribution is -2.36. The Bertz CT molecular complexity index is 874. The molecule has 0 saturated carbocycles. The molecule has 1 aliphatic rings. The molecule has 1 atom stereocenters. The first-order chi connectivity index (χ1) is 10.7. The SMILES string of the molecule is Cc1cc(C)n2nc(C(=O)N3CCS(=O)(=O)CC(C)C3)nc2n1. The van der Waals surface area contributed by atoms with Crippen molar-refractivity contribution in [2.45, 2.75) is 20.8 Å². The van der Waals surface area contributed by atoms with Crippen molar-refractivity contribution in [1.29, 1.82) is 0 Å². The second-order valence-corrected chi connectivity index (χ2v) is 8.39. The normalized spacial score (nSPS) is 21.3. The number of aromatic nitrogens is 4. The fourth-order valence-corrected chi connectivity index (χ4v) is 4.51. The fourth-order valence-electron chi connectivity index (χ4n) is 2.87. The summed E-state index contributed by atoms with van der Waals surface area (Å²) in [5.41, 5.74) is 1.64. The van der Waals surface area contributed by atoms with E-state index in [0.717, 1.165) is 11.4 Å². The maximum absolute atomic E-state index is 12.6. The maximum atomic E-state index is 12.6. The summed E-state index contributed by atoms with van der Waals surface area (Å²) in [6.07, 6.45) is 0. The first-order valence-corrected chi connectivity index (χ1v) is 9.28. The Morgan fingerprint density at radius 3 is 2.78 bits per heavy atom. The van der Waals surface area contributed by atoms with Crippen LogP contribution in [0.4, 0.5) is 0 Å². The monoisotopic (exact) mass is 337 g/mol. The van der Waals surface area contributed by atoms with E-state index >= 15 is 0 Å². The van der Waals surface area contributed by atoms with E-state index in [2.05, 4.69) is 15.1 Å². The van der Waals surface area contributed by atoms with Gasteiger partial charge < -0.3 is 4.90 Å². The predicted octanol–water partition coefficient (Wildman–Crippen LogP) is 0.248. The summed E-state index contributed by atoms with van der Waals surface area (Å²) in [6, 6.07) is 1.86. The molecule has 8 nitrogen and oxygen atoms in total. The molecular weight excluding hydrogens is 318 g/mol. The van der Waals surface area contributed by atoms with E-state index < -0.39 is 9.84 Å². The number of hydrogen-bond donors (Lipinski definition) is 0. The van der Waals surface area contributed by atoms with E-state index in [1.165, 1.54) is 9.42 Å². The molecule has 23 heavy (non-hydrogen) atoms. The van der Waals surface area contributed by atoms with Crippen molar-refractivity contribution < 1.29 is 13.2 Å². The highest BCUT2D eigenvalue weighted by atomic mass is 32.2. The third kappa shape index (κ3) is 3.19. The van der Waals surface area contributed by atoms with Gasteiger partial charge in [0, 0.05) is 24.5 Å². The standard InChI is InChI=1S/C14H19N5O3S/c1-9-7-18(4-5-23(21,22)8-9)13(20)12-16-14-15-10(2)6-11(3)19(14)17-12/h6,9H,4-5,7-8H2,1-3H3. The highest BCUT2D eigenvalue weighted by molar-refractivity contribution is 7.91. The number of rotatable bonds is 1. The molecule has 0 N–H and O–H groups in total. The van der Waals surface area contributed by atoms with Crippen LogP contribution in [0.25, 0.3) is 5.78 Å². The minimum absolute atomic E-state index is 0.0210. The Labute approximate surface area is 134 Å². The minimum Gasteiger partial charge on any atom is -0.335 e. The van der Waals surface area contributed by atoms with Gasteiger partial charge in [-0.15, -0.1) is 5.10 Å².